The van der Waals surface area contributed by atoms with Crippen molar-refractivity contribution in [2.45, 2.75) is 32.4 Å². The topological polar surface area (TPSA) is 54.2 Å². The fourth-order valence-corrected chi connectivity index (χ4v) is 2.68. The summed E-state index contributed by atoms with van der Waals surface area (Å²) >= 11 is 0. The van der Waals surface area contributed by atoms with Gasteiger partial charge in [0, 0.05) is 31.6 Å². The number of nitrogens with one attached hydrogen (secondary N) is 1. The monoisotopic (exact) mass is 286 g/mol. The third kappa shape index (κ3) is 3.49. The molecule has 2 aromatic rings. The van der Waals surface area contributed by atoms with Gasteiger partial charge in [-0.2, -0.15) is 4.98 Å². The Morgan fingerprint density at radius 3 is 2.86 bits per heavy atom. The minimum absolute atomic E-state index is 0.117. The maximum absolute atomic E-state index is 5.41. The van der Waals surface area contributed by atoms with Crippen LogP contribution in [0.1, 0.15) is 31.1 Å². The molecule has 0 atom stereocenters. The summed E-state index contributed by atoms with van der Waals surface area (Å²) in [6.45, 7) is 8.19. The SMILES string of the molecule is CC1(C)CNCCN1Cc1nc(Cc2ccccc2)no1. The van der Waals surface area contributed by atoms with Gasteiger partial charge in [-0.3, -0.25) is 4.90 Å². The normalized spacial score (nSPS) is 18.8. The second-order valence-electron chi connectivity index (χ2n) is 6.18. The van der Waals surface area contributed by atoms with Crippen LogP contribution >= 0.6 is 0 Å². The van der Waals surface area contributed by atoms with Crippen molar-refractivity contribution in [3.8, 4) is 0 Å². The Labute approximate surface area is 125 Å². The zero-order valence-corrected chi connectivity index (χ0v) is 12.7. The predicted molar refractivity (Wildman–Crippen MR) is 80.9 cm³/mol. The first-order valence-electron chi connectivity index (χ1n) is 7.45. The lowest BCUT2D eigenvalue weighted by Crippen LogP contribution is -2.57. The molecule has 1 aromatic heterocycles. The van der Waals surface area contributed by atoms with Gasteiger partial charge in [-0.05, 0) is 19.4 Å². The lowest BCUT2D eigenvalue weighted by Gasteiger charge is -2.41. The molecule has 0 aliphatic carbocycles. The summed E-state index contributed by atoms with van der Waals surface area (Å²) in [6, 6.07) is 10.2. The molecule has 0 radical (unpaired) electrons. The summed E-state index contributed by atoms with van der Waals surface area (Å²) in [5.41, 5.74) is 1.32. The first-order valence-corrected chi connectivity index (χ1v) is 7.45. The Hall–Kier alpha value is -1.72. The van der Waals surface area contributed by atoms with Gasteiger partial charge in [-0.1, -0.05) is 35.5 Å². The van der Waals surface area contributed by atoms with Crippen molar-refractivity contribution in [2.24, 2.45) is 0 Å². The van der Waals surface area contributed by atoms with E-state index in [0.717, 1.165) is 38.4 Å². The first kappa shape index (κ1) is 14.2. The van der Waals surface area contributed by atoms with Gasteiger partial charge < -0.3 is 9.84 Å². The van der Waals surface area contributed by atoms with Gasteiger partial charge in [0.25, 0.3) is 0 Å². The summed E-state index contributed by atoms with van der Waals surface area (Å²) in [6.07, 6.45) is 0.718. The van der Waals surface area contributed by atoms with E-state index in [2.05, 4.69) is 46.3 Å². The number of piperazine rings is 1. The maximum atomic E-state index is 5.41. The standard InChI is InChI=1S/C16H22N4O/c1-16(2)12-17-8-9-20(16)11-15-18-14(19-21-15)10-13-6-4-3-5-7-13/h3-7,17H,8-12H2,1-2H3. The molecular weight excluding hydrogens is 264 g/mol. The van der Waals surface area contributed by atoms with Crippen molar-refractivity contribution in [1.29, 1.82) is 0 Å². The molecule has 112 valence electrons. The van der Waals surface area contributed by atoms with E-state index >= 15 is 0 Å². The minimum atomic E-state index is 0.117. The van der Waals surface area contributed by atoms with Gasteiger partial charge in [0.2, 0.25) is 5.89 Å². The number of hydrogen-bond donors (Lipinski definition) is 1. The summed E-state index contributed by atoms with van der Waals surface area (Å²) in [4.78, 5) is 6.92. The molecule has 2 heterocycles. The second kappa shape index (κ2) is 5.95. The highest BCUT2D eigenvalue weighted by Gasteiger charge is 2.30. The Bertz CT molecular complexity index is 579. The van der Waals surface area contributed by atoms with Crippen molar-refractivity contribution in [3.63, 3.8) is 0 Å². The van der Waals surface area contributed by atoms with E-state index in [4.69, 9.17) is 4.52 Å². The molecule has 5 heteroatoms. The van der Waals surface area contributed by atoms with Crippen molar-refractivity contribution in [3.05, 3.63) is 47.6 Å². The van der Waals surface area contributed by atoms with E-state index in [1.165, 1.54) is 5.56 Å². The molecular formula is C16H22N4O. The third-order valence-electron chi connectivity index (χ3n) is 4.01. The molecule has 3 rings (SSSR count). The summed E-state index contributed by atoms with van der Waals surface area (Å²) < 4.78 is 5.41. The number of rotatable bonds is 4. The summed E-state index contributed by atoms with van der Waals surface area (Å²) in [5.74, 6) is 1.46. The van der Waals surface area contributed by atoms with Crippen LogP contribution in [0.15, 0.2) is 34.9 Å². The molecule has 1 N–H and O–H groups in total. The van der Waals surface area contributed by atoms with Gasteiger partial charge >= 0.3 is 0 Å². The molecule has 5 nitrogen and oxygen atoms in total. The fourth-order valence-electron chi connectivity index (χ4n) is 2.68. The zero-order chi connectivity index (χ0) is 14.7. The van der Waals surface area contributed by atoms with E-state index in [0.29, 0.717) is 5.89 Å². The van der Waals surface area contributed by atoms with E-state index in [-0.39, 0.29) is 5.54 Å². The maximum Gasteiger partial charge on any atom is 0.240 e. The average molecular weight is 286 g/mol. The third-order valence-corrected chi connectivity index (χ3v) is 4.01. The highest BCUT2D eigenvalue weighted by molar-refractivity contribution is 5.18. The molecule has 0 amide bonds. The van der Waals surface area contributed by atoms with Crippen LogP contribution in [-0.2, 0) is 13.0 Å². The van der Waals surface area contributed by atoms with Gasteiger partial charge in [0.1, 0.15) is 0 Å². The van der Waals surface area contributed by atoms with E-state index in [1.54, 1.807) is 0 Å². The lowest BCUT2D eigenvalue weighted by atomic mass is 10.0. The van der Waals surface area contributed by atoms with E-state index in [9.17, 15) is 0 Å². The van der Waals surface area contributed by atoms with E-state index < -0.39 is 0 Å². The molecule has 0 spiro atoms. The molecule has 0 bridgehead atoms. The number of hydrogen-bond acceptors (Lipinski definition) is 5. The highest BCUT2D eigenvalue weighted by Crippen LogP contribution is 2.19. The number of benzene rings is 1. The molecule has 21 heavy (non-hydrogen) atoms. The Balaban J connectivity index is 1.65. The zero-order valence-electron chi connectivity index (χ0n) is 12.7. The van der Waals surface area contributed by atoms with Gasteiger partial charge in [-0.15, -0.1) is 0 Å². The van der Waals surface area contributed by atoms with Crippen LogP contribution in [0.5, 0.6) is 0 Å². The molecule has 1 aliphatic rings. The first-order chi connectivity index (χ1) is 10.1. The molecule has 1 aromatic carbocycles. The van der Waals surface area contributed by atoms with Gasteiger partial charge in [0.05, 0.1) is 6.54 Å². The Morgan fingerprint density at radius 2 is 2.10 bits per heavy atom. The van der Waals surface area contributed by atoms with Crippen LogP contribution in [0.3, 0.4) is 0 Å². The van der Waals surface area contributed by atoms with Crippen molar-refractivity contribution >= 4 is 0 Å². The second-order valence-corrected chi connectivity index (χ2v) is 6.18. The van der Waals surface area contributed by atoms with Gasteiger partial charge in [-0.25, -0.2) is 0 Å². The summed E-state index contributed by atoms with van der Waals surface area (Å²) in [7, 11) is 0. The Kier molecular flexibility index (Phi) is 4.03. The van der Waals surface area contributed by atoms with Crippen molar-refractivity contribution in [2.75, 3.05) is 19.6 Å². The molecule has 0 unspecified atom stereocenters. The average Bonchev–Trinajstić information content (AvgIpc) is 2.90. The van der Waals surface area contributed by atoms with Crippen LogP contribution in [0.2, 0.25) is 0 Å². The van der Waals surface area contributed by atoms with Gasteiger partial charge in [0.15, 0.2) is 5.82 Å². The smallest absolute Gasteiger partial charge is 0.240 e. The van der Waals surface area contributed by atoms with Crippen LogP contribution in [0.4, 0.5) is 0 Å². The molecule has 1 saturated heterocycles. The van der Waals surface area contributed by atoms with Crippen LogP contribution in [-0.4, -0.2) is 40.2 Å². The largest absolute Gasteiger partial charge is 0.338 e. The van der Waals surface area contributed by atoms with Crippen LogP contribution < -0.4 is 5.32 Å². The fraction of sp³-hybridized carbons (Fsp3) is 0.500. The Morgan fingerprint density at radius 1 is 1.29 bits per heavy atom. The molecule has 1 aliphatic heterocycles. The predicted octanol–water partition coefficient (Wildman–Crippen LogP) is 1.84. The summed E-state index contributed by atoms with van der Waals surface area (Å²) in [5, 5.41) is 7.52. The van der Waals surface area contributed by atoms with Crippen LogP contribution in [0, 0.1) is 0 Å². The van der Waals surface area contributed by atoms with E-state index in [1.807, 2.05) is 18.2 Å². The van der Waals surface area contributed by atoms with Crippen LogP contribution in [0.25, 0.3) is 0 Å². The van der Waals surface area contributed by atoms with Crippen molar-refractivity contribution < 1.29 is 4.52 Å². The minimum Gasteiger partial charge on any atom is -0.338 e. The highest BCUT2D eigenvalue weighted by atomic mass is 16.5. The number of nitrogens with zero attached hydrogens (tertiary/aromatic N) is 3. The quantitative estimate of drug-likeness (QED) is 0.929. The number of aromatic nitrogens is 2. The lowest BCUT2D eigenvalue weighted by molar-refractivity contribution is 0.0711. The van der Waals surface area contributed by atoms with Crippen molar-refractivity contribution in [1.82, 2.24) is 20.4 Å². The molecule has 0 saturated carbocycles. The molecule has 1 fully saturated rings.